The first kappa shape index (κ1) is 20.8. The number of nitrogens with zero attached hydrogens (tertiary/aromatic N) is 1. The number of para-hydroxylation sites is 1. The summed E-state index contributed by atoms with van der Waals surface area (Å²) >= 11 is 0. The largest absolute Gasteiger partial charge is 0.380 e. The van der Waals surface area contributed by atoms with Crippen molar-refractivity contribution in [2.24, 2.45) is 4.99 Å². The smallest absolute Gasteiger partial charge is 0.191 e. The van der Waals surface area contributed by atoms with E-state index in [-0.39, 0.29) is 24.0 Å². The Bertz CT molecular complexity index is 639. The van der Waals surface area contributed by atoms with Gasteiger partial charge in [0.1, 0.15) is 0 Å². The first-order chi connectivity index (χ1) is 11.3. The van der Waals surface area contributed by atoms with Crippen LogP contribution in [0.4, 0.5) is 0 Å². The number of aromatic nitrogens is 1. The second-order valence-corrected chi connectivity index (χ2v) is 5.41. The molecule has 0 saturated heterocycles. The molecule has 0 spiro atoms. The molecule has 24 heavy (non-hydrogen) atoms. The van der Waals surface area contributed by atoms with Crippen molar-refractivity contribution in [3.05, 3.63) is 35.5 Å². The van der Waals surface area contributed by atoms with Gasteiger partial charge in [0.05, 0.1) is 13.2 Å². The molecule has 0 aliphatic carbocycles. The van der Waals surface area contributed by atoms with Crippen LogP contribution in [-0.4, -0.2) is 43.8 Å². The Morgan fingerprint density at radius 3 is 2.75 bits per heavy atom. The third kappa shape index (κ3) is 5.98. The topological polar surface area (TPSA) is 61.4 Å². The standard InChI is InChI=1S/C18H28N4O.HI/c1-4-19-18(21-12-13-23-5-2)20-11-10-15-14(3)22-17-9-7-6-8-16(15)17;/h6-9,22H,4-5,10-13H2,1-3H3,(H2,19,20,21);1H. The first-order valence-corrected chi connectivity index (χ1v) is 8.42. The number of aromatic amines is 1. The maximum absolute atomic E-state index is 5.32. The van der Waals surface area contributed by atoms with Gasteiger partial charge in [-0.2, -0.15) is 0 Å². The third-order valence-corrected chi connectivity index (χ3v) is 3.75. The summed E-state index contributed by atoms with van der Waals surface area (Å²) in [6, 6.07) is 8.45. The summed E-state index contributed by atoms with van der Waals surface area (Å²) in [6.45, 7) is 9.98. The maximum Gasteiger partial charge on any atom is 0.191 e. The van der Waals surface area contributed by atoms with Crippen molar-refractivity contribution in [1.82, 2.24) is 15.6 Å². The van der Waals surface area contributed by atoms with Crippen molar-refractivity contribution >= 4 is 40.8 Å². The highest BCUT2D eigenvalue weighted by molar-refractivity contribution is 14.0. The second kappa shape index (κ2) is 11.3. The number of H-pyrrole nitrogens is 1. The van der Waals surface area contributed by atoms with E-state index in [4.69, 9.17) is 4.74 Å². The lowest BCUT2D eigenvalue weighted by atomic mass is 10.1. The van der Waals surface area contributed by atoms with Gasteiger partial charge >= 0.3 is 0 Å². The fraction of sp³-hybridized carbons (Fsp3) is 0.500. The van der Waals surface area contributed by atoms with Crippen LogP contribution < -0.4 is 10.6 Å². The molecule has 134 valence electrons. The van der Waals surface area contributed by atoms with Gasteiger partial charge in [-0.1, -0.05) is 18.2 Å². The summed E-state index contributed by atoms with van der Waals surface area (Å²) in [4.78, 5) is 7.96. The lowest BCUT2D eigenvalue weighted by Gasteiger charge is -2.11. The van der Waals surface area contributed by atoms with Crippen molar-refractivity contribution < 1.29 is 4.74 Å². The van der Waals surface area contributed by atoms with Gasteiger partial charge in [0.15, 0.2) is 5.96 Å². The molecule has 0 aliphatic rings. The van der Waals surface area contributed by atoms with Crippen molar-refractivity contribution in [2.45, 2.75) is 27.2 Å². The number of guanidine groups is 1. The Labute approximate surface area is 161 Å². The number of fused-ring (bicyclic) bond motifs is 1. The molecule has 0 atom stereocenters. The van der Waals surface area contributed by atoms with E-state index >= 15 is 0 Å². The Morgan fingerprint density at radius 1 is 1.21 bits per heavy atom. The molecular formula is C18H29IN4O. The van der Waals surface area contributed by atoms with Crippen LogP contribution in [0.3, 0.4) is 0 Å². The van der Waals surface area contributed by atoms with E-state index < -0.39 is 0 Å². The zero-order valence-electron chi connectivity index (χ0n) is 14.8. The minimum atomic E-state index is 0. The number of hydrogen-bond donors (Lipinski definition) is 3. The summed E-state index contributed by atoms with van der Waals surface area (Å²) in [5, 5.41) is 7.97. The van der Waals surface area contributed by atoms with Crippen LogP contribution in [0.2, 0.25) is 0 Å². The lowest BCUT2D eigenvalue weighted by molar-refractivity contribution is 0.155. The number of nitrogens with one attached hydrogen (secondary N) is 3. The summed E-state index contributed by atoms with van der Waals surface area (Å²) in [6.07, 6.45) is 0.964. The van der Waals surface area contributed by atoms with Crippen LogP contribution in [0.1, 0.15) is 25.1 Å². The predicted octanol–water partition coefficient (Wildman–Crippen LogP) is 3.23. The van der Waals surface area contributed by atoms with Gasteiger partial charge in [-0.25, -0.2) is 0 Å². The normalized spacial score (nSPS) is 11.4. The third-order valence-electron chi connectivity index (χ3n) is 3.75. The van der Waals surface area contributed by atoms with Gasteiger partial charge < -0.3 is 20.4 Å². The monoisotopic (exact) mass is 444 g/mol. The highest BCUT2D eigenvalue weighted by atomic mass is 127. The van der Waals surface area contributed by atoms with E-state index in [9.17, 15) is 0 Å². The van der Waals surface area contributed by atoms with E-state index in [1.165, 1.54) is 22.2 Å². The molecule has 2 rings (SSSR count). The van der Waals surface area contributed by atoms with Crippen molar-refractivity contribution in [1.29, 1.82) is 0 Å². The molecule has 0 saturated carbocycles. The van der Waals surface area contributed by atoms with Crippen LogP contribution in [0.15, 0.2) is 29.3 Å². The van der Waals surface area contributed by atoms with Crippen molar-refractivity contribution in [3.8, 4) is 0 Å². The Morgan fingerprint density at radius 2 is 2.00 bits per heavy atom. The number of halogens is 1. The highest BCUT2D eigenvalue weighted by Gasteiger charge is 2.07. The molecule has 1 heterocycles. The fourth-order valence-electron chi connectivity index (χ4n) is 2.67. The molecule has 2 aromatic rings. The molecule has 5 nitrogen and oxygen atoms in total. The number of benzene rings is 1. The maximum atomic E-state index is 5.32. The van der Waals surface area contributed by atoms with E-state index in [0.29, 0.717) is 13.2 Å². The minimum Gasteiger partial charge on any atom is -0.380 e. The van der Waals surface area contributed by atoms with Gasteiger partial charge in [-0.15, -0.1) is 24.0 Å². The SMILES string of the molecule is CCNC(=NCCOCC)NCCc1c(C)[nH]c2ccccc12.I. The molecule has 0 aliphatic heterocycles. The molecule has 0 bridgehead atoms. The predicted molar refractivity (Wildman–Crippen MR) is 113 cm³/mol. The molecule has 3 N–H and O–H groups in total. The number of hydrogen-bond acceptors (Lipinski definition) is 2. The molecule has 6 heteroatoms. The number of rotatable bonds is 8. The summed E-state index contributed by atoms with van der Waals surface area (Å²) in [5.41, 5.74) is 3.82. The van der Waals surface area contributed by atoms with E-state index in [1.807, 2.05) is 6.92 Å². The number of aliphatic imine (C=N–C) groups is 1. The van der Waals surface area contributed by atoms with E-state index in [2.05, 4.69) is 58.7 Å². The molecule has 0 fully saturated rings. The van der Waals surface area contributed by atoms with Gasteiger partial charge in [0.25, 0.3) is 0 Å². The molecule has 0 radical (unpaired) electrons. The average molecular weight is 444 g/mol. The van der Waals surface area contributed by atoms with Gasteiger partial charge in [0, 0.05) is 36.3 Å². The molecule has 1 aromatic heterocycles. The number of aryl methyl sites for hydroxylation is 1. The quantitative estimate of drug-likeness (QED) is 0.254. The minimum absolute atomic E-state index is 0. The highest BCUT2D eigenvalue weighted by Crippen LogP contribution is 2.21. The Kier molecular flexibility index (Phi) is 9.78. The zero-order chi connectivity index (χ0) is 16.5. The molecular weight excluding hydrogens is 415 g/mol. The summed E-state index contributed by atoms with van der Waals surface area (Å²) in [7, 11) is 0. The molecule has 0 unspecified atom stereocenters. The number of ether oxygens (including phenoxy) is 1. The summed E-state index contributed by atoms with van der Waals surface area (Å²) < 4.78 is 5.32. The average Bonchev–Trinajstić information content (AvgIpc) is 2.87. The van der Waals surface area contributed by atoms with Crippen molar-refractivity contribution in [2.75, 3.05) is 32.8 Å². The second-order valence-electron chi connectivity index (χ2n) is 5.41. The van der Waals surface area contributed by atoms with Gasteiger partial charge in [-0.3, -0.25) is 4.99 Å². The van der Waals surface area contributed by atoms with E-state index in [1.54, 1.807) is 0 Å². The van der Waals surface area contributed by atoms with E-state index in [0.717, 1.165) is 32.1 Å². The van der Waals surface area contributed by atoms with Gasteiger partial charge in [0.2, 0.25) is 0 Å². The Balaban J connectivity index is 0.00000288. The Hall–Kier alpha value is -1.28. The van der Waals surface area contributed by atoms with Crippen LogP contribution >= 0.6 is 24.0 Å². The van der Waals surface area contributed by atoms with Crippen LogP contribution in [-0.2, 0) is 11.2 Å². The first-order valence-electron chi connectivity index (χ1n) is 8.42. The van der Waals surface area contributed by atoms with Gasteiger partial charge in [-0.05, 0) is 38.8 Å². The molecule has 0 amide bonds. The van der Waals surface area contributed by atoms with Crippen molar-refractivity contribution in [3.63, 3.8) is 0 Å². The summed E-state index contributed by atoms with van der Waals surface area (Å²) in [5.74, 6) is 0.852. The zero-order valence-corrected chi connectivity index (χ0v) is 17.1. The fourth-order valence-corrected chi connectivity index (χ4v) is 2.67. The van der Waals surface area contributed by atoms with Crippen LogP contribution in [0, 0.1) is 6.92 Å². The van der Waals surface area contributed by atoms with Crippen LogP contribution in [0.25, 0.3) is 10.9 Å². The van der Waals surface area contributed by atoms with Crippen LogP contribution in [0.5, 0.6) is 0 Å². The lowest BCUT2D eigenvalue weighted by Crippen LogP contribution is -2.38. The molecule has 1 aromatic carbocycles.